The van der Waals surface area contributed by atoms with E-state index in [0.717, 1.165) is 0 Å². The molecule has 0 fully saturated rings. The molecule has 0 radical (unpaired) electrons. The summed E-state index contributed by atoms with van der Waals surface area (Å²) in [7, 11) is 0. The first-order valence-corrected chi connectivity index (χ1v) is 12.0. The minimum Gasteiger partial charge on any atom is -0.490 e. The Labute approximate surface area is 221 Å². The zero-order chi connectivity index (χ0) is 26.1. The third-order valence-corrected chi connectivity index (χ3v) is 5.63. The van der Waals surface area contributed by atoms with Crippen molar-refractivity contribution in [3.05, 3.63) is 56.0 Å². The van der Waals surface area contributed by atoms with Gasteiger partial charge >= 0.3 is 0 Å². The lowest BCUT2D eigenvalue weighted by atomic mass is 10.0. The molecule has 35 heavy (non-hydrogen) atoms. The number of halogens is 3. The zero-order valence-electron chi connectivity index (χ0n) is 19.2. The van der Waals surface area contributed by atoms with Crippen molar-refractivity contribution in [3.8, 4) is 11.5 Å². The smallest absolute Gasteiger partial charge is 0.262 e. The minimum absolute atomic E-state index is 0.176. The molecular formula is C23H25BrCl2N4O5. The van der Waals surface area contributed by atoms with Crippen molar-refractivity contribution < 1.29 is 23.9 Å². The van der Waals surface area contributed by atoms with Gasteiger partial charge in [0.15, 0.2) is 18.1 Å². The first kappa shape index (κ1) is 28.4. The fourth-order valence-corrected chi connectivity index (χ4v) is 3.94. The molecule has 1 atom stereocenters. The Morgan fingerprint density at radius 1 is 1.17 bits per heavy atom. The van der Waals surface area contributed by atoms with E-state index in [2.05, 4.69) is 31.8 Å². The van der Waals surface area contributed by atoms with E-state index in [0.29, 0.717) is 33.2 Å². The van der Waals surface area contributed by atoms with E-state index in [1.54, 1.807) is 32.9 Å². The summed E-state index contributed by atoms with van der Waals surface area (Å²) in [5.74, 6) is -1.21. The van der Waals surface area contributed by atoms with Crippen molar-refractivity contribution in [3.63, 3.8) is 0 Å². The lowest BCUT2D eigenvalue weighted by molar-refractivity contribution is -0.124. The third kappa shape index (κ3) is 8.41. The predicted molar refractivity (Wildman–Crippen MR) is 138 cm³/mol. The number of amides is 3. The molecule has 2 aromatic carbocycles. The maximum absolute atomic E-state index is 12.7. The number of primary amides is 1. The molecule has 188 valence electrons. The summed E-state index contributed by atoms with van der Waals surface area (Å²) in [5.41, 5.74) is 8.35. The molecule has 0 saturated heterocycles. The van der Waals surface area contributed by atoms with Crippen molar-refractivity contribution in [2.75, 3.05) is 13.2 Å². The topological polar surface area (TPSA) is 132 Å². The van der Waals surface area contributed by atoms with Gasteiger partial charge in [0.2, 0.25) is 0 Å². The van der Waals surface area contributed by atoms with Gasteiger partial charge in [-0.3, -0.25) is 14.4 Å². The number of carbonyl (C=O) groups excluding carboxylic acids is 3. The summed E-state index contributed by atoms with van der Waals surface area (Å²) >= 11 is 15.3. The van der Waals surface area contributed by atoms with Gasteiger partial charge in [0.25, 0.3) is 17.7 Å². The number of hydrogen-bond acceptors (Lipinski definition) is 6. The molecule has 0 aliphatic heterocycles. The molecule has 0 aliphatic rings. The Balaban J connectivity index is 2.13. The summed E-state index contributed by atoms with van der Waals surface area (Å²) in [4.78, 5) is 36.4. The molecule has 3 amide bonds. The Bertz CT molecular complexity index is 1130. The summed E-state index contributed by atoms with van der Waals surface area (Å²) in [5, 5.41) is 7.23. The molecule has 0 aliphatic carbocycles. The zero-order valence-corrected chi connectivity index (χ0v) is 22.3. The second-order valence-electron chi connectivity index (χ2n) is 7.57. The van der Waals surface area contributed by atoms with Crippen LogP contribution in [0.4, 0.5) is 0 Å². The molecule has 0 spiro atoms. The molecule has 0 saturated carbocycles. The Morgan fingerprint density at radius 3 is 2.49 bits per heavy atom. The number of hydrazone groups is 1. The largest absolute Gasteiger partial charge is 0.490 e. The van der Waals surface area contributed by atoms with Crippen molar-refractivity contribution in [2.45, 2.75) is 26.8 Å². The minimum atomic E-state index is -0.873. The van der Waals surface area contributed by atoms with Crippen LogP contribution in [0.2, 0.25) is 10.0 Å². The maximum Gasteiger partial charge on any atom is 0.262 e. The Kier molecular flexibility index (Phi) is 10.8. The molecular weight excluding hydrogens is 563 g/mol. The number of benzene rings is 2. The first-order chi connectivity index (χ1) is 16.5. The Morgan fingerprint density at radius 2 is 1.89 bits per heavy atom. The highest BCUT2D eigenvalue weighted by Gasteiger charge is 2.25. The summed E-state index contributed by atoms with van der Waals surface area (Å²) < 4.78 is 11.5. The number of nitrogens with two attached hydrogens (primary N) is 1. The van der Waals surface area contributed by atoms with Gasteiger partial charge in [-0.1, -0.05) is 37.0 Å². The van der Waals surface area contributed by atoms with Crippen LogP contribution in [0.25, 0.3) is 0 Å². The normalized spacial score (nSPS) is 11.9. The molecule has 4 N–H and O–H groups in total. The average Bonchev–Trinajstić information content (AvgIpc) is 2.76. The highest BCUT2D eigenvalue weighted by molar-refractivity contribution is 9.10. The number of rotatable bonds is 11. The van der Waals surface area contributed by atoms with Crippen LogP contribution in [0.5, 0.6) is 11.5 Å². The molecule has 1 unspecified atom stereocenters. The van der Waals surface area contributed by atoms with E-state index in [1.165, 1.54) is 24.4 Å². The maximum atomic E-state index is 12.7. The lowest BCUT2D eigenvalue weighted by Crippen LogP contribution is -2.48. The second kappa shape index (κ2) is 13.3. The van der Waals surface area contributed by atoms with Crippen LogP contribution >= 0.6 is 39.1 Å². The van der Waals surface area contributed by atoms with Crippen molar-refractivity contribution in [1.82, 2.24) is 10.7 Å². The SMILES string of the molecule is CCOc1cc(/C=N/NC(=O)C(NC(=O)c2ccc(Cl)cc2Cl)C(C)C)cc(Br)c1OCC(N)=O. The summed E-state index contributed by atoms with van der Waals surface area (Å²) in [6, 6.07) is 6.89. The Hall–Kier alpha value is -2.82. The molecule has 0 bridgehead atoms. The van der Waals surface area contributed by atoms with Gasteiger partial charge in [-0.05, 0) is 64.7 Å². The highest BCUT2D eigenvalue weighted by atomic mass is 79.9. The standard InChI is InChI=1S/C23H25BrCl2N4O5/c1-4-34-18-8-13(7-16(24)21(18)35-11-19(27)31)10-28-30-23(33)20(12(2)3)29-22(32)15-6-5-14(25)9-17(15)26/h5-10,12,20H,4,11H2,1-3H3,(H2,27,31)(H,29,32)(H,30,33)/b28-10+. The van der Waals surface area contributed by atoms with Gasteiger partial charge in [0, 0.05) is 5.02 Å². The van der Waals surface area contributed by atoms with Crippen LogP contribution in [0, 0.1) is 5.92 Å². The predicted octanol–water partition coefficient (Wildman–Crippen LogP) is 3.92. The number of carbonyl (C=O) groups is 3. The van der Waals surface area contributed by atoms with Crippen molar-refractivity contribution in [2.24, 2.45) is 16.8 Å². The van der Waals surface area contributed by atoms with E-state index in [1.807, 2.05) is 0 Å². The van der Waals surface area contributed by atoms with Gasteiger partial charge < -0.3 is 20.5 Å². The second-order valence-corrected chi connectivity index (χ2v) is 9.27. The fraction of sp³-hybridized carbons (Fsp3) is 0.304. The van der Waals surface area contributed by atoms with E-state index in [-0.39, 0.29) is 23.1 Å². The monoisotopic (exact) mass is 586 g/mol. The molecule has 12 heteroatoms. The van der Waals surface area contributed by atoms with Gasteiger partial charge in [0.1, 0.15) is 6.04 Å². The van der Waals surface area contributed by atoms with Crippen LogP contribution in [0.3, 0.4) is 0 Å². The number of nitrogens with zero attached hydrogens (tertiary/aromatic N) is 1. The molecule has 9 nitrogen and oxygen atoms in total. The quantitative estimate of drug-likeness (QED) is 0.271. The molecule has 0 aromatic heterocycles. The van der Waals surface area contributed by atoms with Gasteiger partial charge in [-0.2, -0.15) is 5.10 Å². The van der Waals surface area contributed by atoms with Crippen LogP contribution in [0.1, 0.15) is 36.7 Å². The van der Waals surface area contributed by atoms with Crippen LogP contribution in [-0.4, -0.2) is 43.2 Å². The van der Waals surface area contributed by atoms with Gasteiger partial charge in [-0.15, -0.1) is 0 Å². The third-order valence-electron chi connectivity index (χ3n) is 4.49. The van der Waals surface area contributed by atoms with Crippen LogP contribution in [-0.2, 0) is 9.59 Å². The molecule has 2 rings (SSSR count). The number of nitrogens with one attached hydrogen (secondary N) is 2. The van der Waals surface area contributed by atoms with E-state index in [4.69, 9.17) is 38.4 Å². The van der Waals surface area contributed by atoms with Crippen LogP contribution in [0.15, 0.2) is 39.9 Å². The van der Waals surface area contributed by atoms with Gasteiger partial charge in [-0.25, -0.2) is 5.43 Å². The van der Waals surface area contributed by atoms with Crippen molar-refractivity contribution >= 4 is 63.1 Å². The van der Waals surface area contributed by atoms with Crippen LogP contribution < -0.4 is 25.9 Å². The first-order valence-electron chi connectivity index (χ1n) is 10.5. The van der Waals surface area contributed by atoms with Gasteiger partial charge in [0.05, 0.1) is 27.9 Å². The van der Waals surface area contributed by atoms with E-state index >= 15 is 0 Å². The fourth-order valence-electron chi connectivity index (χ4n) is 2.88. The number of hydrogen-bond donors (Lipinski definition) is 3. The molecule has 0 heterocycles. The summed E-state index contributed by atoms with van der Waals surface area (Å²) in [6.07, 6.45) is 1.40. The lowest BCUT2D eigenvalue weighted by Gasteiger charge is -2.20. The van der Waals surface area contributed by atoms with E-state index in [9.17, 15) is 14.4 Å². The molecule has 2 aromatic rings. The van der Waals surface area contributed by atoms with E-state index < -0.39 is 23.8 Å². The number of ether oxygens (including phenoxy) is 2. The summed E-state index contributed by atoms with van der Waals surface area (Å²) in [6.45, 7) is 5.40. The van der Waals surface area contributed by atoms with Crippen molar-refractivity contribution in [1.29, 1.82) is 0 Å². The highest BCUT2D eigenvalue weighted by Crippen LogP contribution is 2.36. The average molecular weight is 588 g/mol.